The maximum Gasteiger partial charge on any atom is 0.0715 e. The smallest absolute Gasteiger partial charge is 0.0715 e. The van der Waals surface area contributed by atoms with Crippen molar-refractivity contribution >= 4 is 11.6 Å². The fourth-order valence-corrected chi connectivity index (χ4v) is 2.53. The first-order valence-corrected chi connectivity index (χ1v) is 6.54. The highest BCUT2D eigenvalue weighted by atomic mass is 35.5. The van der Waals surface area contributed by atoms with Gasteiger partial charge in [-0.05, 0) is 44.2 Å². The molecule has 94 valence electrons. The molecular weight excluding hydrogens is 234 g/mol. The zero-order valence-corrected chi connectivity index (χ0v) is 11.2. The Morgan fingerprint density at radius 3 is 2.59 bits per heavy atom. The second-order valence-corrected chi connectivity index (χ2v) is 5.99. The highest BCUT2D eigenvalue weighted by Gasteiger charge is 2.31. The maximum absolute atomic E-state index is 9.63. The fraction of sp³-hybridized carbons (Fsp3) is 0.571. The highest BCUT2D eigenvalue weighted by molar-refractivity contribution is 6.31. The highest BCUT2D eigenvalue weighted by Crippen LogP contribution is 2.39. The number of hydrogen-bond donors (Lipinski definition) is 2. The minimum atomic E-state index is -0.629. The van der Waals surface area contributed by atoms with Crippen LogP contribution in [0.25, 0.3) is 0 Å². The normalized spacial score (nSPS) is 24.5. The van der Waals surface area contributed by atoms with Gasteiger partial charge in [0.15, 0.2) is 0 Å². The van der Waals surface area contributed by atoms with Gasteiger partial charge in [0.1, 0.15) is 0 Å². The Kier molecular flexibility index (Phi) is 3.76. The number of aliphatic hydroxyl groups is 1. The number of hydrogen-bond acceptors (Lipinski definition) is 2. The molecule has 0 aromatic heterocycles. The van der Waals surface area contributed by atoms with E-state index in [1.165, 1.54) is 5.56 Å². The zero-order valence-electron chi connectivity index (χ0n) is 10.4. The minimum absolute atomic E-state index is 0.516. The first-order valence-electron chi connectivity index (χ1n) is 6.16. The third kappa shape index (κ3) is 3.44. The average Bonchev–Trinajstić information content (AvgIpc) is 2.16. The summed E-state index contributed by atoms with van der Waals surface area (Å²) in [5.41, 5.74) is 0.630. The Bertz CT molecular complexity index is 380. The molecule has 0 saturated heterocycles. The molecule has 0 spiro atoms. The van der Waals surface area contributed by atoms with Crippen LogP contribution in [0.4, 0.5) is 0 Å². The van der Waals surface area contributed by atoms with E-state index >= 15 is 0 Å². The number of benzene rings is 1. The molecule has 2 nitrogen and oxygen atoms in total. The van der Waals surface area contributed by atoms with E-state index < -0.39 is 5.60 Å². The molecule has 1 aliphatic rings. The molecule has 1 aliphatic carbocycles. The van der Waals surface area contributed by atoms with Crippen molar-refractivity contribution in [1.29, 1.82) is 0 Å². The standard InChI is InChI=1S/C14H20ClNO/c1-14(2,17)9-16-11-7-10(8-11)12-5-3-4-6-13(12)15/h3-6,10-11,16-17H,7-9H2,1-2H3. The predicted octanol–water partition coefficient (Wildman–Crippen LogP) is 2.95. The average molecular weight is 254 g/mol. The fourth-order valence-electron chi connectivity index (χ4n) is 2.24. The molecule has 0 aliphatic heterocycles. The molecule has 1 saturated carbocycles. The van der Waals surface area contributed by atoms with E-state index in [-0.39, 0.29) is 0 Å². The Morgan fingerprint density at radius 2 is 2.00 bits per heavy atom. The molecule has 2 N–H and O–H groups in total. The molecule has 1 aromatic carbocycles. The van der Waals surface area contributed by atoms with Crippen LogP contribution in [-0.4, -0.2) is 23.3 Å². The first-order chi connectivity index (χ1) is 7.96. The molecule has 17 heavy (non-hydrogen) atoms. The van der Waals surface area contributed by atoms with E-state index in [1.54, 1.807) is 0 Å². The van der Waals surface area contributed by atoms with Gasteiger partial charge in [-0.15, -0.1) is 0 Å². The number of nitrogens with one attached hydrogen (secondary N) is 1. The molecule has 0 atom stereocenters. The van der Waals surface area contributed by atoms with E-state index in [0.29, 0.717) is 18.5 Å². The Morgan fingerprint density at radius 1 is 1.35 bits per heavy atom. The van der Waals surface area contributed by atoms with E-state index in [9.17, 15) is 5.11 Å². The molecule has 0 unspecified atom stereocenters. The van der Waals surface area contributed by atoms with Crippen molar-refractivity contribution in [3.63, 3.8) is 0 Å². The summed E-state index contributed by atoms with van der Waals surface area (Å²) < 4.78 is 0. The molecule has 0 amide bonds. The summed E-state index contributed by atoms with van der Waals surface area (Å²) >= 11 is 6.17. The quantitative estimate of drug-likeness (QED) is 0.865. The minimum Gasteiger partial charge on any atom is -0.389 e. The second kappa shape index (κ2) is 4.97. The summed E-state index contributed by atoms with van der Waals surface area (Å²) in [4.78, 5) is 0. The lowest BCUT2D eigenvalue weighted by Crippen LogP contribution is -2.46. The van der Waals surface area contributed by atoms with Gasteiger partial charge in [0.05, 0.1) is 5.60 Å². The molecule has 0 radical (unpaired) electrons. The second-order valence-electron chi connectivity index (χ2n) is 5.58. The number of rotatable bonds is 4. The van der Waals surface area contributed by atoms with Crippen LogP contribution in [0.5, 0.6) is 0 Å². The van der Waals surface area contributed by atoms with Crippen LogP contribution >= 0.6 is 11.6 Å². The van der Waals surface area contributed by atoms with Crippen molar-refractivity contribution in [2.75, 3.05) is 6.54 Å². The third-order valence-electron chi connectivity index (χ3n) is 3.31. The van der Waals surface area contributed by atoms with Crippen molar-refractivity contribution in [2.45, 2.75) is 44.2 Å². The Hall–Kier alpha value is -0.570. The van der Waals surface area contributed by atoms with Crippen LogP contribution < -0.4 is 5.32 Å². The summed E-state index contributed by atoms with van der Waals surface area (Å²) in [7, 11) is 0. The van der Waals surface area contributed by atoms with Crippen LogP contribution in [0, 0.1) is 0 Å². The van der Waals surface area contributed by atoms with Gasteiger partial charge in [-0.25, -0.2) is 0 Å². The van der Waals surface area contributed by atoms with Crippen LogP contribution in [0.3, 0.4) is 0 Å². The SMILES string of the molecule is CC(C)(O)CNC1CC(c2ccccc2Cl)C1. The summed E-state index contributed by atoms with van der Waals surface area (Å²) in [6, 6.07) is 8.59. The van der Waals surface area contributed by atoms with Crippen LogP contribution in [0.1, 0.15) is 38.2 Å². The van der Waals surface area contributed by atoms with Crippen molar-refractivity contribution in [3.05, 3.63) is 34.9 Å². The van der Waals surface area contributed by atoms with Crippen molar-refractivity contribution in [3.8, 4) is 0 Å². The largest absolute Gasteiger partial charge is 0.389 e. The summed E-state index contributed by atoms with van der Waals surface area (Å²) in [6.07, 6.45) is 2.22. The lowest BCUT2D eigenvalue weighted by Gasteiger charge is -2.38. The number of halogens is 1. The van der Waals surface area contributed by atoms with Crippen LogP contribution in [-0.2, 0) is 0 Å². The lowest BCUT2D eigenvalue weighted by molar-refractivity contribution is 0.0708. The van der Waals surface area contributed by atoms with Crippen molar-refractivity contribution in [2.24, 2.45) is 0 Å². The molecule has 3 heteroatoms. The van der Waals surface area contributed by atoms with E-state index in [4.69, 9.17) is 11.6 Å². The first kappa shape index (κ1) is 12.9. The summed E-state index contributed by atoms with van der Waals surface area (Å²) in [6.45, 7) is 4.29. The zero-order chi connectivity index (χ0) is 12.5. The molecule has 1 aromatic rings. The summed E-state index contributed by atoms with van der Waals surface area (Å²) in [5.74, 6) is 0.572. The monoisotopic (exact) mass is 253 g/mol. The summed E-state index contributed by atoms with van der Waals surface area (Å²) in [5, 5.41) is 13.9. The topological polar surface area (TPSA) is 32.3 Å². The molecular formula is C14H20ClNO. The van der Waals surface area contributed by atoms with Crippen molar-refractivity contribution in [1.82, 2.24) is 5.32 Å². The van der Waals surface area contributed by atoms with Gasteiger partial charge in [0.25, 0.3) is 0 Å². The van der Waals surface area contributed by atoms with Gasteiger partial charge in [-0.2, -0.15) is 0 Å². The molecule has 0 heterocycles. The van der Waals surface area contributed by atoms with Crippen LogP contribution in [0.2, 0.25) is 5.02 Å². The third-order valence-corrected chi connectivity index (χ3v) is 3.65. The van der Waals surface area contributed by atoms with Gasteiger partial charge >= 0.3 is 0 Å². The van der Waals surface area contributed by atoms with Crippen LogP contribution in [0.15, 0.2) is 24.3 Å². The Balaban J connectivity index is 1.81. The van der Waals surface area contributed by atoms with E-state index in [2.05, 4.69) is 11.4 Å². The van der Waals surface area contributed by atoms with Gasteiger partial charge in [-0.1, -0.05) is 29.8 Å². The van der Waals surface area contributed by atoms with Gasteiger partial charge in [0, 0.05) is 17.6 Å². The Labute approximate surface area is 108 Å². The molecule has 2 rings (SSSR count). The predicted molar refractivity (Wildman–Crippen MR) is 71.5 cm³/mol. The van der Waals surface area contributed by atoms with E-state index in [1.807, 2.05) is 32.0 Å². The van der Waals surface area contributed by atoms with E-state index in [0.717, 1.165) is 17.9 Å². The maximum atomic E-state index is 9.63. The van der Waals surface area contributed by atoms with Gasteiger partial charge in [-0.3, -0.25) is 0 Å². The lowest BCUT2D eigenvalue weighted by atomic mass is 9.75. The van der Waals surface area contributed by atoms with Crippen molar-refractivity contribution < 1.29 is 5.11 Å². The molecule has 1 fully saturated rings. The van der Waals surface area contributed by atoms with Gasteiger partial charge < -0.3 is 10.4 Å². The molecule has 0 bridgehead atoms. The van der Waals surface area contributed by atoms with Gasteiger partial charge in [0.2, 0.25) is 0 Å².